The van der Waals surface area contributed by atoms with Crippen LogP contribution in [0, 0.1) is 0 Å². The van der Waals surface area contributed by atoms with E-state index in [2.05, 4.69) is 10.1 Å². The van der Waals surface area contributed by atoms with Crippen LogP contribution >= 0.6 is 0 Å². The van der Waals surface area contributed by atoms with Crippen molar-refractivity contribution in [2.24, 2.45) is 0 Å². The molecule has 1 aliphatic heterocycles. The molecule has 2 rings (SSSR count). The van der Waals surface area contributed by atoms with Crippen molar-refractivity contribution >= 4 is 23.4 Å². The number of nitrogen functional groups attached to an aromatic ring is 1. The van der Waals surface area contributed by atoms with E-state index in [0.29, 0.717) is 0 Å². The van der Waals surface area contributed by atoms with E-state index in [9.17, 15) is 9.59 Å². The molecule has 3 N–H and O–H groups in total. The summed E-state index contributed by atoms with van der Waals surface area (Å²) >= 11 is 0. The maximum Gasteiger partial charge on any atom is 0.413 e. The lowest BCUT2D eigenvalue weighted by Gasteiger charge is -2.30. The first-order valence-corrected chi connectivity index (χ1v) is 6.70. The number of rotatable bonds is 3. The quantitative estimate of drug-likeness (QED) is 0.813. The molecule has 1 heterocycles. The Morgan fingerprint density at radius 1 is 1.45 bits per heavy atom. The Kier molecular flexibility index (Phi) is 4.45. The zero-order chi connectivity index (χ0) is 14.5. The van der Waals surface area contributed by atoms with E-state index >= 15 is 0 Å². The Hall–Kier alpha value is -2.24. The largest absolute Gasteiger partial charge is 0.450 e. The number of fused-ring (bicyclic) bond motifs is 1. The number of anilines is 2. The number of benzene rings is 1. The highest BCUT2D eigenvalue weighted by molar-refractivity contribution is 5.94. The summed E-state index contributed by atoms with van der Waals surface area (Å²) in [6.07, 6.45) is 1.21. The van der Waals surface area contributed by atoms with E-state index in [0.717, 1.165) is 36.3 Å². The smallest absolute Gasteiger partial charge is 0.413 e. The van der Waals surface area contributed by atoms with Crippen LogP contribution < -0.4 is 16.0 Å². The summed E-state index contributed by atoms with van der Waals surface area (Å²) < 4.78 is 4.68. The van der Waals surface area contributed by atoms with Crippen molar-refractivity contribution in [1.29, 1.82) is 0 Å². The van der Waals surface area contributed by atoms with Gasteiger partial charge >= 0.3 is 6.09 Å². The molecule has 0 unspecified atom stereocenters. The third kappa shape index (κ3) is 3.40. The van der Waals surface area contributed by atoms with Gasteiger partial charge in [-0.3, -0.25) is 10.1 Å². The second-order valence-electron chi connectivity index (χ2n) is 4.68. The predicted octanol–water partition coefficient (Wildman–Crippen LogP) is 1.29. The highest BCUT2D eigenvalue weighted by atomic mass is 16.5. The van der Waals surface area contributed by atoms with Gasteiger partial charge in [0.05, 0.1) is 13.2 Å². The summed E-state index contributed by atoms with van der Waals surface area (Å²) in [5, 5.41) is 2.20. The number of nitrogens with zero attached hydrogens (tertiary/aromatic N) is 1. The van der Waals surface area contributed by atoms with Crippen molar-refractivity contribution in [3.05, 3.63) is 23.8 Å². The van der Waals surface area contributed by atoms with Gasteiger partial charge in [-0.05, 0) is 43.5 Å². The lowest BCUT2D eigenvalue weighted by molar-refractivity contribution is -0.119. The first-order valence-electron chi connectivity index (χ1n) is 6.70. The zero-order valence-corrected chi connectivity index (χ0v) is 11.5. The molecule has 6 nitrogen and oxygen atoms in total. The summed E-state index contributed by atoms with van der Waals surface area (Å²) in [6.45, 7) is 2.85. The fourth-order valence-corrected chi connectivity index (χ4v) is 2.35. The van der Waals surface area contributed by atoms with Crippen LogP contribution in [-0.4, -0.2) is 31.7 Å². The molecular weight excluding hydrogens is 258 g/mol. The number of nitrogens with one attached hydrogen (secondary N) is 1. The van der Waals surface area contributed by atoms with Gasteiger partial charge in [0.2, 0.25) is 5.91 Å². The fraction of sp³-hybridized carbons (Fsp3) is 0.429. The monoisotopic (exact) mass is 277 g/mol. The van der Waals surface area contributed by atoms with Crippen LogP contribution in [-0.2, 0) is 16.0 Å². The van der Waals surface area contributed by atoms with E-state index in [4.69, 9.17) is 5.73 Å². The number of alkyl carbamates (subject to hydrolysis) is 1. The second kappa shape index (κ2) is 6.27. The van der Waals surface area contributed by atoms with Gasteiger partial charge in [-0.2, -0.15) is 0 Å². The predicted molar refractivity (Wildman–Crippen MR) is 76.6 cm³/mol. The van der Waals surface area contributed by atoms with E-state index in [1.807, 2.05) is 23.1 Å². The number of nitrogens with two attached hydrogens (primary N) is 1. The first-order chi connectivity index (χ1) is 9.60. The summed E-state index contributed by atoms with van der Waals surface area (Å²) in [4.78, 5) is 24.9. The Balaban J connectivity index is 2.01. The maximum atomic E-state index is 11.8. The standard InChI is InChI=1S/C14H19N3O3/c1-2-20-14(19)16-13(18)9-17-7-3-4-10-8-11(15)5-6-12(10)17/h5-6,8H,2-4,7,9,15H2,1H3,(H,16,18,19). The molecule has 0 atom stereocenters. The van der Waals surface area contributed by atoms with Gasteiger partial charge < -0.3 is 15.4 Å². The van der Waals surface area contributed by atoms with Gasteiger partial charge in [-0.15, -0.1) is 0 Å². The van der Waals surface area contributed by atoms with Crippen molar-refractivity contribution in [2.45, 2.75) is 19.8 Å². The Morgan fingerprint density at radius 3 is 3.00 bits per heavy atom. The fourth-order valence-electron chi connectivity index (χ4n) is 2.35. The summed E-state index contributed by atoms with van der Waals surface area (Å²) in [7, 11) is 0. The average molecular weight is 277 g/mol. The minimum atomic E-state index is -0.702. The molecule has 1 aromatic carbocycles. The van der Waals surface area contributed by atoms with Crippen molar-refractivity contribution in [3.63, 3.8) is 0 Å². The van der Waals surface area contributed by atoms with E-state index in [-0.39, 0.29) is 19.1 Å². The number of hydrogen-bond donors (Lipinski definition) is 2. The lowest BCUT2D eigenvalue weighted by atomic mass is 10.0. The van der Waals surface area contributed by atoms with Crippen molar-refractivity contribution in [2.75, 3.05) is 30.3 Å². The molecule has 0 aromatic heterocycles. The first kappa shape index (κ1) is 14.2. The van der Waals surface area contributed by atoms with Crippen LogP contribution in [0.4, 0.5) is 16.2 Å². The van der Waals surface area contributed by atoms with Crippen LogP contribution in [0.3, 0.4) is 0 Å². The number of aryl methyl sites for hydroxylation is 1. The normalized spacial score (nSPS) is 13.6. The second-order valence-corrected chi connectivity index (χ2v) is 4.68. The molecule has 0 bridgehead atoms. The molecule has 0 saturated heterocycles. The van der Waals surface area contributed by atoms with Crippen LogP contribution in [0.25, 0.3) is 0 Å². The van der Waals surface area contributed by atoms with Gasteiger partial charge in [-0.25, -0.2) is 4.79 Å². The molecule has 20 heavy (non-hydrogen) atoms. The lowest BCUT2D eigenvalue weighted by Crippen LogP contribution is -2.42. The van der Waals surface area contributed by atoms with Crippen molar-refractivity contribution in [1.82, 2.24) is 5.32 Å². The molecule has 0 radical (unpaired) electrons. The molecule has 6 heteroatoms. The molecule has 108 valence electrons. The van der Waals surface area contributed by atoms with Gasteiger partial charge in [0.15, 0.2) is 0 Å². The minimum absolute atomic E-state index is 0.135. The van der Waals surface area contributed by atoms with E-state index in [1.165, 1.54) is 0 Å². The molecular formula is C14H19N3O3. The molecule has 1 aromatic rings. The molecule has 0 fully saturated rings. The van der Waals surface area contributed by atoms with E-state index in [1.54, 1.807) is 6.92 Å². The Bertz CT molecular complexity index is 516. The molecule has 0 saturated carbocycles. The zero-order valence-electron chi connectivity index (χ0n) is 11.5. The van der Waals surface area contributed by atoms with Crippen molar-refractivity contribution in [3.8, 4) is 0 Å². The minimum Gasteiger partial charge on any atom is -0.450 e. The number of amides is 2. The summed E-state index contributed by atoms with van der Waals surface area (Å²) in [6, 6.07) is 5.67. The highest BCUT2D eigenvalue weighted by Gasteiger charge is 2.20. The SMILES string of the molecule is CCOC(=O)NC(=O)CN1CCCc2cc(N)ccc21. The molecule has 0 aliphatic carbocycles. The highest BCUT2D eigenvalue weighted by Crippen LogP contribution is 2.28. The molecule has 1 aliphatic rings. The van der Waals surface area contributed by atoms with Gasteiger partial charge in [-0.1, -0.05) is 0 Å². The average Bonchev–Trinajstić information content (AvgIpc) is 2.38. The summed E-state index contributed by atoms with van der Waals surface area (Å²) in [5.74, 6) is -0.367. The molecule has 0 spiro atoms. The summed E-state index contributed by atoms with van der Waals surface area (Å²) in [5.41, 5.74) is 8.64. The van der Waals surface area contributed by atoms with Crippen molar-refractivity contribution < 1.29 is 14.3 Å². The third-order valence-electron chi connectivity index (χ3n) is 3.17. The van der Waals surface area contributed by atoms with Gasteiger partial charge in [0.1, 0.15) is 0 Å². The third-order valence-corrected chi connectivity index (χ3v) is 3.17. The number of carbonyl (C=O) groups excluding carboxylic acids is 2. The number of carbonyl (C=O) groups is 2. The number of imide groups is 1. The number of hydrogen-bond acceptors (Lipinski definition) is 5. The van der Waals surface area contributed by atoms with Gasteiger partial charge in [0.25, 0.3) is 0 Å². The van der Waals surface area contributed by atoms with Gasteiger partial charge in [0, 0.05) is 17.9 Å². The number of ether oxygens (including phenoxy) is 1. The topological polar surface area (TPSA) is 84.7 Å². The Labute approximate surface area is 117 Å². The van der Waals surface area contributed by atoms with Crippen LogP contribution in [0.5, 0.6) is 0 Å². The Morgan fingerprint density at radius 2 is 2.25 bits per heavy atom. The van der Waals surface area contributed by atoms with Crippen LogP contribution in [0.2, 0.25) is 0 Å². The van der Waals surface area contributed by atoms with E-state index < -0.39 is 6.09 Å². The van der Waals surface area contributed by atoms with Crippen LogP contribution in [0.15, 0.2) is 18.2 Å². The molecule has 2 amide bonds. The maximum absolute atomic E-state index is 11.8. The van der Waals surface area contributed by atoms with Crippen LogP contribution in [0.1, 0.15) is 18.9 Å².